The number of esters is 1. The van der Waals surface area contributed by atoms with Gasteiger partial charge in [-0.25, -0.2) is 4.79 Å². The van der Waals surface area contributed by atoms with Crippen molar-refractivity contribution in [3.05, 3.63) is 48.2 Å². The molecule has 1 heterocycles. The Morgan fingerprint density at radius 3 is 2.88 bits per heavy atom. The van der Waals surface area contributed by atoms with Crippen molar-refractivity contribution >= 4 is 12.0 Å². The molecule has 24 heavy (non-hydrogen) atoms. The van der Waals surface area contributed by atoms with Crippen LogP contribution in [-0.2, 0) is 9.53 Å². The SMILES string of the molecule is C=C1NC(=O)N[C@H](c2ccc(O)c(OC)c2)[C@H]1C(=O)OC/C=C/C. The van der Waals surface area contributed by atoms with Gasteiger partial charge < -0.3 is 25.2 Å². The van der Waals surface area contributed by atoms with E-state index in [9.17, 15) is 14.7 Å². The van der Waals surface area contributed by atoms with Crippen molar-refractivity contribution in [3.63, 3.8) is 0 Å². The van der Waals surface area contributed by atoms with Crippen molar-refractivity contribution in [3.8, 4) is 11.5 Å². The number of ether oxygens (including phenoxy) is 2. The monoisotopic (exact) mass is 332 g/mol. The number of methoxy groups -OCH3 is 1. The van der Waals surface area contributed by atoms with E-state index in [2.05, 4.69) is 17.2 Å². The van der Waals surface area contributed by atoms with Gasteiger partial charge in [-0.15, -0.1) is 0 Å². The van der Waals surface area contributed by atoms with Gasteiger partial charge in [-0.2, -0.15) is 0 Å². The molecule has 2 rings (SSSR count). The number of allylic oxidation sites excluding steroid dienone is 1. The highest BCUT2D eigenvalue weighted by Gasteiger charge is 2.39. The molecule has 0 radical (unpaired) electrons. The first-order valence-corrected chi connectivity index (χ1v) is 7.39. The van der Waals surface area contributed by atoms with Gasteiger partial charge in [0.2, 0.25) is 0 Å². The number of aromatic hydroxyl groups is 1. The predicted molar refractivity (Wildman–Crippen MR) is 87.5 cm³/mol. The number of nitrogens with one attached hydrogen (secondary N) is 2. The van der Waals surface area contributed by atoms with Crippen LogP contribution in [0.5, 0.6) is 11.5 Å². The third-order valence-electron chi connectivity index (χ3n) is 3.64. The number of rotatable bonds is 5. The van der Waals surface area contributed by atoms with Crippen LogP contribution < -0.4 is 15.4 Å². The molecule has 0 bridgehead atoms. The molecule has 0 unspecified atom stereocenters. The normalized spacial score (nSPS) is 20.4. The summed E-state index contributed by atoms with van der Waals surface area (Å²) >= 11 is 0. The highest BCUT2D eigenvalue weighted by atomic mass is 16.5. The number of carbonyl (C=O) groups is 2. The topological polar surface area (TPSA) is 96.9 Å². The maximum Gasteiger partial charge on any atom is 0.319 e. The molecule has 1 saturated heterocycles. The zero-order valence-electron chi connectivity index (χ0n) is 13.5. The third kappa shape index (κ3) is 3.68. The molecule has 1 aliphatic heterocycles. The lowest BCUT2D eigenvalue weighted by Crippen LogP contribution is -2.51. The molecule has 0 saturated carbocycles. The number of hydrogen-bond donors (Lipinski definition) is 3. The van der Waals surface area contributed by atoms with Crippen LogP contribution in [0.4, 0.5) is 4.79 Å². The minimum atomic E-state index is -0.804. The summed E-state index contributed by atoms with van der Waals surface area (Å²) < 4.78 is 10.3. The lowest BCUT2D eigenvalue weighted by atomic mass is 9.89. The second kappa shape index (κ2) is 7.54. The number of hydrogen-bond acceptors (Lipinski definition) is 5. The van der Waals surface area contributed by atoms with Crippen molar-refractivity contribution in [2.45, 2.75) is 13.0 Å². The summed E-state index contributed by atoms with van der Waals surface area (Å²) in [7, 11) is 1.42. The quantitative estimate of drug-likeness (QED) is 0.566. The van der Waals surface area contributed by atoms with Crippen molar-refractivity contribution in [2.24, 2.45) is 5.92 Å². The standard InChI is InChI=1S/C17H20N2O5/c1-4-5-8-24-16(21)14-10(2)18-17(22)19-15(14)11-6-7-12(20)13(9-11)23-3/h4-7,9,14-15,20H,2,8H2,1,3H3,(H2,18,19,22)/b5-4+/t14-,15+/m0/s1. The summed E-state index contributed by atoms with van der Waals surface area (Å²) in [4.78, 5) is 24.2. The van der Waals surface area contributed by atoms with E-state index in [0.717, 1.165) is 0 Å². The fourth-order valence-electron chi connectivity index (χ4n) is 2.44. The molecule has 128 valence electrons. The molecule has 0 spiro atoms. The highest BCUT2D eigenvalue weighted by molar-refractivity contribution is 5.85. The van der Waals surface area contributed by atoms with Crippen LogP contribution >= 0.6 is 0 Å². The van der Waals surface area contributed by atoms with Crippen LogP contribution in [0.25, 0.3) is 0 Å². The largest absolute Gasteiger partial charge is 0.504 e. The minimum Gasteiger partial charge on any atom is -0.504 e. The Morgan fingerprint density at radius 1 is 1.46 bits per heavy atom. The summed E-state index contributed by atoms with van der Waals surface area (Å²) in [5.74, 6) is -1.11. The summed E-state index contributed by atoms with van der Waals surface area (Å²) in [5, 5.41) is 14.9. The molecule has 3 N–H and O–H groups in total. The van der Waals surface area contributed by atoms with Crippen LogP contribution in [0.15, 0.2) is 42.6 Å². The van der Waals surface area contributed by atoms with E-state index >= 15 is 0 Å². The molecule has 0 aliphatic carbocycles. The Balaban J connectivity index is 2.33. The van der Waals surface area contributed by atoms with Gasteiger partial charge in [0.25, 0.3) is 0 Å². The van der Waals surface area contributed by atoms with Gasteiger partial charge in [0.05, 0.1) is 13.2 Å². The first-order chi connectivity index (χ1) is 11.5. The smallest absolute Gasteiger partial charge is 0.319 e. The first kappa shape index (κ1) is 17.4. The fraction of sp³-hybridized carbons (Fsp3) is 0.294. The number of carbonyl (C=O) groups excluding carboxylic acids is 2. The third-order valence-corrected chi connectivity index (χ3v) is 3.64. The highest BCUT2D eigenvalue weighted by Crippen LogP contribution is 2.35. The Kier molecular flexibility index (Phi) is 5.47. The second-order valence-corrected chi connectivity index (χ2v) is 5.21. The summed E-state index contributed by atoms with van der Waals surface area (Å²) in [5.41, 5.74) is 0.843. The molecule has 2 atom stereocenters. The van der Waals surface area contributed by atoms with E-state index in [1.54, 1.807) is 24.3 Å². The number of phenols is 1. The van der Waals surface area contributed by atoms with Gasteiger partial charge >= 0.3 is 12.0 Å². The van der Waals surface area contributed by atoms with E-state index in [1.807, 2.05) is 6.92 Å². The number of benzene rings is 1. The zero-order chi connectivity index (χ0) is 17.7. The molecule has 1 fully saturated rings. The van der Waals surface area contributed by atoms with Crippen LogP contribution in [0.1, 0.15) is 18.5 Å². The van der Waals surface area contributed by atoms with Gasteiger partial charge in [0.15, 0.2) is 11.5 Å². The van der Waals surface area contributed by atoms with Crippen molar-refractivity contribution in [1.29, 1.82) is 0 Å². The maximum atomic E-state index is 12.4. The van der Waals surface area contributed by atoms with E-state index in [-0.39, 0.29) is 23.8 Å². The van der Waals surface area contributed by atoms with Gasteiger partial charge in [-0.05, 0) is 24.6 Å². The van der Waals surface area contributed by atoms with E-state index < -0.39 is 24.0 Å². The predicted octanol–water partition coefficient (Wildman–Crippen LogP) is 2.00. The molecule has 2 amide bonds. The average molecular weight is 332 g/mol. The van der Waals surface area contributed by atoms with Gasteiger partial charge in [0, 0.05) is 5.70 Å². The van der Waals surface area contributed by atoms with E-state index in [4.69, 9.17) is 9.47 Å². The average Bonchev–Trinajstić information content (AvgIpc) is 2.54. The number of phenolic OH excluding ortho intramolecular Hbond substituents is 1. The Labute approximate surface area is 140 Å². The van der Waals surface area contributed by atoms with Crippen molar-refractivity contribution in [1.82, 2.24) is 10.6 Å². The van der Waals surface area contributed by atoms with Crippen molar-refractivity contribution in [2.75, 3.05) is 13.7 Å². The minimum absolute atomic E-state index is 0.0347. The number of urea groups is 1. The lowest BCUT2D eigenvalue weighted by molar-refractivity contribution is -0.147. The molecule has 1 aliphatic rings. The van der Waals surface area contributed by atoms with Crippen LogP contribution in [0.2, 0.25) is 0 Å². The van der Waals surface area contributed by atoms with Gasteiger partial charge in [0.1, 0.15) is 12.5 Å². The molecular weight excluding hydrogens is 312 g/mol. The Hall–Kier alpha value is -2.96. The first-order valence-electron chi connectivity index (χ1n) is 7.39. The van der Waals surface area contributed by atoms with Gasteiger partial charge in [-0.3, -0.25) is 4.79 Å². The molecule has 1 aromatic carbocycles. The second-order valence-electron chi connectivity index (χ2n) is 5.21. The lowest BCUT2D eigenvalue weighted by Gasteiger charge is -2.33. The van der Waals surface area contributed by atoms with Crippen LogP contribution in [-0.4, -0.2) is 30.8 Å². The fourth-order valence-corrected chi connectivity index (χ4v) is 2.44. The summed E-state index contributed by atoms with van der Waals surface area (Å²) in [6.07, 6.45) is 3.47. The Morgan fingerprint density at radius 2 is 2.21 bits per heavy atom. The number of amides is 2. The molecule has 7 nitrogen and oxygen atoms in total. The Bertz CT molecular complexity index is 684. The maximum absolute atomic E-state index is 12.4. The molecular formula is C17H20N2O5. The van der Waals surface area contributed by atoms with E-state index in [1.165, 1.54) is 13.2 Å². The summed E-state index contributed by atoms with van der Waals surface area (Å²) in [6.45, 7) is 5.72. The van der Waals surface area contributed by atoms with Crippen molar-refractivity contribution < 1.29 is 24.2 Å². The molecule has 1 aromatic rings. The molecule has 0 aromatic heterocycles. The van der Waals surface area contributed by atoms with Crippen LogP contribution in [0, 0.1) is 5.92 Å². The van der Waals surface area contributed by atoms with Crippen LogP contribution in [0.3, 0.4) is 0 Å². The summed E-state index contributed by atoms with van der Waals surface area (Å²) in [6, 6.07) is 3.46. The zero-order valence-corrected chi connectivity index (χ0v) is 13.5. The molecule has 7 heteroatoms. The van der Waals surface area contributed by atoms with E-state index in [0.29, 0.717) is 5.56 Å². The van der Waals surface area contributed by atoms with Gasteiger partial charge in [-0.1, -0.05) is 24.8 Å².